The molecule has 0 radical (unpaired) electrons. The SMILES string of the molecule is OC(Cc1ccco1)C(C(F)(F)F)C(F)(F)F. The summed E-state index contributed by atoms with van der Waals surface area (Å²) in [6.45, 7) is 0. The topological polar surface area (TPSA) is 33.4 Å². The van der Waals surface area contributed by atoms with E-state index in [2.05, 4.69) is 4.42 Å². The second kappa shape index (κ2) is 4.59. The second-order valence-corrected chi connectivity index (χ2v) is 3.41. The van der Waals surface area contributed by atoms with Gasteiger partial charge >= 0.3 is 12.4 Å². The second-order valence-electron chi connectivity index (χ2n) is 3.41. The summed E-state index contributed by atoms with van der Waals surface area (Å²) in [7, 11) is 0. The number of alkyl halides is 6. The average Bonchev–Trinajstić information content (AvgIpc) is 2.49. The van der Waals surface area contributed by atoms with Crippen LogP contribution in [0, 0.1) is 5.92 Å². The van der Waals surface area contributed by atoms with Crippen molar-refractivity contribution in [1.82, 2.24) is 0 Å². The lowest BCUT2D eigenvalue weighted by Gasteiger charge is -2.26. The smallest absolute Gasteiger partial charge is 0.403 e. The zero-order valence-corrected chi connectivity index (χ0v) is 8.22. The Hall–Kier alpha value is -1.18. The third kappa shape index (κ3) is 3.65. The summed E-state index contributed by atoms with van der Waals surface area (Å²) in [5.74, 6) is -3.92. The zero-order chi connectivity index (χ0) is 13.3. The molecule has 17 heavy (non-hydrogen) atoms. The first-order valence-corrected chi connectivity index (χ1v) is 4.46. The molecule has 0 bridgehead atoms. The van der Waals surface area contributed by atoms with Gasteiger partial charge in [-0.15, -0.1) is 0 Å². The Morgan fingerprint density at radius 1 is 1.12 bits per heavy atom. The van der Waals surface area contributed by atoms with Gasteiger partial charge in [0.1, 0.15) is 5.76 Å². The van der Waals surface area contributed by atoms with Gasteiger partial charge in [-0.25, -0.2) is 0 Å². The molecule has 1 aromatic rings. The molecular formula is C9H8F6O2. The van der Waals surface area contributed by atoms with Gasteiger partial charge in [-0.1, -0.05) is 0 Å². The Balaban J connectivity index is 2.84. The summed E-state index contributed by atoms with van der Waals surface area (Å²) in [5, 5.41) is 9.05. The van der Waals surface area contributed by atoms with Crippen LogP contribution in [0.4, 0.5) is 26.3 Å². The first kappa shape index (κ1) is 13.9. The van der Waals surface area contributed by atoms with Crippen molar-refractivity contribution >= 4 is 0 Å². The van der Waals surface area contributed by atoms with Gasteiger partial charge in [0.05, 0.1) is 12.4 Å². The molecule has 1 aromatic heterocycles. The van der Waals surface area contributed by atoms with Crippen LogP contribution in [0.5, 0.6) is 0 Å². The maximum atomic E-state index is 12.2. The maximum absolute atomic E-state index is 12.2. The van der Waals surface area contributed by atoms with Crippen LogP contribution < -0.4 is 0 Å². The molecule has 1 atom stereocenters. The van der Waals surface area contributed by atoms with Gasteiger partial charge in [0.2, 0.25) is 0 Å². The molecule has 0 aliphatic carbocycles. The van der Waals surface area contributed by atoms with Crippen LogP contribution in [0.2, 0.25) is 0 Å². The molecule has 0 amide bonds. The predicted octanol–water partition coefficient (Wildman–Crippen LogP) is 2.92. The fraction of sp³-hybridized carbons (Fsp3) is 0.556. The quantitative estimate of drug-likeness (QED) is 0.849. The molecule has 1 unspecified atom stereocenters. The largest absolute Gasteiger partial charge is 0.469 e. The fourth-order valence-electron chi connectivity index (χ4n) is 1.37. The monoisotopic (exact) mass is 262 g/mol. The number of aliphatic hydroxyl groups is 1. The molecule has 1 rings (SSSR count). The molecule has 0 fully saturated rings. The van der Waals surface area contributed by atoms with Crippen molar-refractivity contribution in [1.29, 1.82) is 0 Å². The molecular weight excluding hydrogens is 254 g/mol. The van der Waals surface area contributed by atoms with E-state index in [4.69, 9.17) is 5.11 Å². The highest BCUT2D eigenvalue weighted by molar-refractivity contribution is 5.01. The standard InChI is InChI=1S/C9H8F6O2/c10-8(11,12)7(9(13,14)15)6(16)4-5-2-1-3-17-5/h1-3,6-7,16H,4H2. The molecule has 0 aliphatic heterocycles. The zero-order valence-electron chi connectivity index (χ0n) is 8.22. The van der Waals surface area contributed by atoms with E-state index in [1.165, 1.54) is 12.1 Å². The van der Waals surface area contributed by atoms with Gasteiger partial charge < -0.3 is 9.52 Å². The molecule has 0 aliphatic rings. The molecule has 0 saturated carbocycles. The van der Waals surface area contributed by atoms with Crippen LogP contribution in [0.25, 0.3) is 0 Å². The highest BCUT2D eigenvalue weighted by atomic mass is 19.4. The van der Waals surface area contributed by atoms with Gasteiger partial charge in [-0.2, -0.15) is 26.3 Å². The van der Waals surface area contributed by atoms with Crippen LogP contribution in [0.1, 0.15) is 5.76 Å². The summed E-state index contributed by atoms with van der Waals surface area (Å²) >= 11 is 0. The molecule has 1 N–H and O–H groups in total. The van der Waals surface area contributed by atoms with Crippen molar-refractivity contribution < 1.29 is 35.9 Å². The third-order valence-electron chi connectivity index (χ3n) is 2.08. The van der Waals surface area contributed by atoms with Crippen molar-refractivity contribution in [2.45, 2.75) is 24.9 Å². The van der Waals surface area contributed by atoms with Crippen molar-refractivity contribution in [3.8, 4) is 0 Å². The number of hydrogen-bond donors (Lipinski definition) is 1. The molecule has 0 spiro atoms. The van der Waals surface area contributed by atoms with Crippen molar-refractivity contribution in [3.05, 3.63) is 24.2 Å². The number of hydrogen-bond acceptors (Lipinski definition) is 2. The average molecular weight is 262 g/mol. The minimum Gasteiger partial charge on any atom is -0.469 e. The molecule has 98 valence electrons. The minimum absolute atomic E-state index is 0.143. The van der Waals surface area contributed by atoms with Crippen molar-refractivity contribution in [2.75, 3.05) is 0 Å². The third-order valence-corrected chi connectivity index (χ3v) is 2.08. The number of halogens is 6. The summed E-state index contributed by atoms with van der Waals surface area (Å²) < 4.78 is 77.7. The van der Waals surface area contributed by atoms with Gasteiger partial charge in [0, 0.05) is 6.42 Å². The molecule has 1 heterocycles. The van der Waals surface area contributed by atoms with Gasteiger partial charge in [-0.3, -0.25) is 0 Å². The fourth-order valence-corrected chi connectivity index (χ4v) is 1.37. The van der Waals surface area contributed by atoms with E-state index in [1.54, 1.807) is 0 Å². The van der Waals surface area contributed by atoms with Crippen LogP contribution in [0.3, 0.4) is 0 Å². The summed E-state index contributed by atoms with van der Waals surface area (Å²) in [4.78, 5) is 0. The van der Waals surface area contributed by atoms with Crippen molar-refractivity contribution in [2.24, 2.45) is 5.92 Å². The molecule has 8 heteroatoms. The Bertz CT molecular complexity index is 325. The number of aliphatic hydroxyl groups excluding tert-OH is 1. The molecule has 2 nitrogen and oxygen atoms in total. The first-order valence-electron chi connectivity index (χ1n) is 4.46. The summed E-state index contributed by atoms with van der Waals surface area (Å²) in [6.07, 6.45) is -13.5. The van der Waals surface area contributed by atoms with E-state index in [0.717, 1.165) is 6.26 Å². The van der Waals surface area contributed by atoms with E-state index in [1.807, 2.05) is 0 Å². The Morgan fingerprint density at radius 3 is 2.00 bits per heavy atom. The normalized spacial score (nSPS) is 15.3. The minimum atomic E-state index is -5.55. The predicted molar refractivity (Wildman–Crippen MR) is 44.0 cm³/mol. The lowest BCUT2D eigenvalue weighted by Crippen LogP contribution is -2.45. The van der Waals surface area contributed by atoms with Crippen molar-refractivity contribution in [3.63, 3.8) is 0 Å². The lowest BCUT2D eigenvalue weighted by molar-refractivity contribution is -0.306. The van der Waals surface area contributed by atoms with Gasteiger partial charge in [0.25, 0.3) is 0 Å². The van der Waals surface area contributed by atoms with E-state index in [-0.39, 0.29) is 5.76 Å². The highest BCUT2D eigenvalue weighted by Gasteiger charge is 2.60. The summed E-state index contributed by atoms with van der Waals surface area (Å²) in [6, 6.07) is 2.49. The van der Waals surface area contributed by atoms with Gasteiger partial charge in [-0.05, 0) is 12.1 Å². The Morgan fingerprint density at radius 2 is 1.65 bits per heavy atom. The van der Waals surface area contributed by atoms with Gasteiger partial charge in [0.15, 0.2) is 5.92 Å². The first-order chi connectivity index (χ1) is 7.62. The van der Waals surface area contributed by atoms with Crippen LogP contribution in [-0.4, -0.2) is 23.6 Å². The van der Waals surface area contributed by atoms with Crippen LogP contribution >= 0.6 is 0 Å². The van der Waals surface area contributed by atoms with E-state index >= 15 is 0 Å². The van der Waals surface area contributed by atoms with Crippen LogP contribution in [-0.2, 0) is 6.42 Å². The number of rotatable bonds is 3. The molecule has 0 saturated heterocycles. The number of furan rings is 1. The Kier molecular flexibility index (Phi) is 3.75. The van der Waals surface area contributed by atoms with E-state index < -0.39 is 30.8 Å². The van der Waals surface area contributed by atoms with Crippen LogP contribution in [0.15, 0.2) is 22.8 Å². The van der Waals surface area contributed by atoms with E-state index in [0.29, 0.717) is 0 Å². The highest BCUT2D eigenvalue weighted by Crippen LogP contribution is 2.42. The van der Waals surface area contributed by atoms with E-state index in [9.17, 15) is 26.3 Å². The maximum Gasteiger partial charge on any atom is 0.403 e. The Labute approximate surface area is 91.8 Å². The molecule has 0 aromatic carbocycles. The summed E-state index contributed by atoms with van der Waals surface area (Å²) in [5.41, 5.74) is 0. The lowest BCUT2D eigenvalue weighted by atomic mass is 9.97.